The van der Waals surface area contributed by atoms with Gasteiger partial charge in [0.15, 0.2) is 11.7 Å². The fraction of sp³-hybridized carbons (Fsp3) is 0.542. The first-order valence-corrected chi connectivity index (χ1v) is 11.4. The molecule has 0 atom stereocenters. The Hall–Kier alpha value is -2.83. The quantitative estimate of drug-likeness (QED) is 0.492. The smallest absolute Gasteiger partial charge is 0.253 e. The van der Waals surface area contributed by atoms with Crippen LogP contribution >= 0.6 is 0 Å². The molecule has 3 rings (SSSR count). The van der Waals surface area contributed by atoms with Crippen LogP contribution < -0.4 is 10.6 Å². The van der Waals surface area contributed by atoms with Crippen LogP contribution in [0, 0.1) is 0 Å². The Kier molecular flexibility index (Phi) is 8.50. The fourth-order valence-electron chi connectivity index (χ4n) is 3.93. The van der Waals surface area contributed by atoms with E-state index in [0.29, 0.717) is 25.0 Å². The summed E-state index contributed by atoms with van der Waals surface area (Å²) in [5.74, 6) is 2.07. The van der Waals surface area contributed by atoms with Gasteiger partial charge < -0.3 is 20.1 Å². The molecule has 1 aromatic heterocycles. The second kappa shape index (κ2) is 11.5. The van der Waals surface area contributed by atoms with Gasteiger partial charge in [-0.1, -0.05) is 31.1 Å². The molecule has 2 aromatic rings. The maximum Gasteiger partial charge on any atom is 0.253 e. The Morgan fingerprint density at radius 3 is 2.42 bits per heavy atom. The predicted molar refractivity (Wildman–Crippen MR) is 123 cm³/mol. The summed E-state index contributed by atoms with van der Waals surface area (Å²) >= 11 is 0. The first kappa shape index (κ1) is 22.8. The minimum atomic E-state index is 0.136. The lowest BCUT2D eigenvalue weighted by atomic mass is 9.99. The zero-order chi connectivity index (χ0) is 22.1. The first-order valence-electron chi connectivity index (χ1n) is 11.4. The van der Waals surface area contributed by atoms with E-state index in [-0.39, 0.29) is 5.91 Å². The minimum Gasteiger partial charge on any atom is -0.359 e. The van der Waals surface area contributed by atoms with Gasteiger partial charge in [0.05, 0.1) is 12.2 Å². The predicted octanol–water partition coefficient (Wildman–Crippen LogP) is 4.07. The molecule has 7 heteroatoms. The molecule has 0 radical (unpaired) electrons. The number of benzene rings is 1. The average molecular weight is 426 g/mol. The van der Waals surface area contributed by atoms with Crippen molar-refractivity contribution in [1.82, 2.24) is 20.7 Å². The first-order chi connectivity index (χ1) is 15.1. The van der Waals surface area contributed by atoms with E-state index >= 15 is 0 Å². The van der Waals surface area contributed by atoms with E-state index in [0.717, 1.165) is 61.4 Å². The number of nitrogens with one attached hydrogen (secondary N) is 2. The van der Waals surface area contributed by atoms with Gasteiger partial charge in [-0.25, -0.2) is 0 Å². The third kappa shape index (κ3) is 6.32. The lowest BCUT2D eigenvalue weighted by molar-refractivity contribution is 0.0724. The Bertz CT molecular complexity index is 849. The zero-order valence-corrected chi connectivity index (χ0v) is 19.0. The van der Waals surface area contributed by atoms with Gasteiger partial charge in [0, 0.05) is 44.2 Å². The van der Waals surface area contributed by atoms with Gasteiger partial charge >= 0.3 is 0 Å². The van der Waals surface area contributed by atoms with Gasteiger partial charge in [0.25, 0.3) is 5.91 Å². The van der Waals surface area contributed by atoms with Gasteiger partial charge in [-0.05, 0) is 49.8 Å². The molecule has 31 heavy (non-hydrogen) atoms. The molecule has 0 spiro atoms. The van der Waals surface area contributed by atoms with Crippen LogP contribution in [0.1, 0.15) is 79.2 Å². The number of nitrogens with zero attached hydrogens (tertiary/aromatic N) is 3. The van der Waals surface area contributed by atoms with Gasteiger partial charge in [-0.2, -0.15) is 0 Å². The van der Waals surface area contributed by atoms with E-state index in [2.05, 4.69) is 34.6 Å². The number of aromatic nitrogens is 1. The Morgan fingerprint density at radius 1 is 1.10 bits per heavy atom. The molecule has 0 bridgehead atoms. The monoisotopic (exact) mass is 425 g/mol. The average Bonchev–Trinajstić information content (AvgIpc) is 3.29. The van der Waals surface area contributed by atoms with Crippen LogP contribution in [0.2, 0.25) is 0 Å². The number of likely N-dealkylation sites (tertiary alicyclic amines) is 1. The summed E-state index contributed by atoms with van der Waals surface area (Å²) in [4.78, 5) is 18.8. The summed E-state index contributed by atoms with van der Waals surface area (Å²) in [5, 5.41) is 10.8. The fourth-order valence-corrected chi connectivity index (χ4v) is 3.93. The third-order valence-corrected chi connectivity index (χ3v) is 5.94. The zero-order valence-electron chi connectivity index (χ0n) is 19.0. The molecular weight excluding hydrogens is 390 g/mol. The number of piperidine rings is 1. The highest BCUT2D eigenvalue weighted by atomic mass is 16.5. The molecule has 1 amide bonds. The number of hydrogen-bond acceptors (Lipinski definition) is 4. The number of carbonyl (C=O) groups excluding carboxylic acids is 1. The van der Waals surface area contributed by atoms with E-state index in [1.807, 2.05) is 35.2 Å². The van der Waals surface area contributed by atoms with E-state index in [1.165, 1.54) is 6.42 Å². The largest absolute Gasteiger partial charge is 0.359 e. The maximum absolute atomic E-state index is 12.6. The summed E-state index contributed by atoms with van der Waals surface area (Å²) < 4.78 is 5.46. The lowest BCUT2D eigenvalue weighted by Crippen LogP contribution is -2.36. The molecule has 0 saturated carbocycles. The molecule has 7 nitrogen and oxygen atoms in total. The van der Waals surface area contributed by atoms with Gasteiger partial charge in [0.1, 0.15) is 0 Å². The van der Waals surface area contributed by atoms with Crippen LogP contribution in [0.25, 0.3) is 0 Å². The molecule has 2 N–H and O–H groups in total. The molecule has 1 aromatic carbocycles. The van der Waals surface area contributed by atoms with E-state index in [9.17, 15) is 4.79 Å². The SMILES string of the molecule is CCC(CC)c1cc(CNC(=NC)NCc2ccc(C(=O)N3CCCCC3)cc2)on1. The summed E-state index contributed by atoms with van der Waals surface area (Å²) in [6, 6.07) is 9.85. The Morgan fingerprint density at radius 2 is 1.77 bits per heavy atom. The van der Waals surface area contributed by atoms with Crippen molar-refractivity contribution in [2.45, 2.75) is 65.0 Å². The third-order valence-electron chi connectivity index (χ3n) is 5.94. The van der Waals surface area contributed by atoms with Crippen LogP contribution in [0.5, 0.6) is 0 Å². The number of amides is 1. The topological polar surface area (TPSA) is 82.8 Å². The van der Waals surface area contributed by atoms with Crippen molar-refractivity contribution >= 4 is 11.9 Å². The highest BCUT2D eigenvalue weighted by Crippen LogP contribution is 2.22. The van der Waals surface area contributed by atoms with E-state index in [4.69, 9.17) is 4.52 Å². The molecule has 0 aliphatic carbocycles. The highest BCUT2D eigenvalue weighted by molar-refractivity contribution is 5.94. The lowest BCUT2D eigenvalue weighted by Gasteiger charge is -2.26. The van der Waals surface area contributed by atoms with Crippen molar-refractivity contribution in [2.24, 2.45) is 4.99 Å². The van der Waals surface area contributed by atoms with Gasteiger partial charge in [-0.3, -0.25) is 9.79 Å². The molecule has 2 heterocycles. The number of guanidine groups is 1. The van der Waals surface area contributed by atoms with Crippen molar-refractivity contribution in [2.75, 3.05) is 20.1 Å². The molecule has 168 valence electrons. The van der Waals surface area contributed by atoms with Crippen molar-refractivity contribution in [3.63, 3.8) is 0 Å². The maximum atomic E-state index is 12.6. The van der Waals surface area contributed by atoms with Crippen LogP contribution in [0.15, 0.2) is 39.8 Å². The van der Waals surface area contributed by atoms with Crippen molar-refractivity contribution in [1.29, 1.82) is 0 Å². The molecule has 1 aliphatic rings. The van der Waals surface area contributed by atoms with Gasteiger partial charge in [0.2, 0.25) is 0 Å². The standard InChI is InChI=1S/C24H35N5O2/c1-4-19(5-2)22-15-21(31-28-22)17-27-24(25-3)26-16-18-9-11-20(12-10-18)23(30)29-13-7-6-8-14-29/h9-12,15,19H,4-8,13-14,16-17H2,1-3H3,(H2,25,26,27). The minimum absolute atomic E-state index is 0.136. The number of rotatable bonds is 8. The van der Waals surface area contributed by atoms with Crippen molar-refractivity contribution in [3.8, 4) is 0 Å². The van der Waals surface area contributed by atoms with Crippen LogP contribution in [0.4, 0.5) is 0 Å². The second-order valence-corrected chi connectivity index (χ2v) is 8.06. The van der Waals surface area contributed by atoms with Crippen molar-refractivity contribution < 1.29 is 9.32 Å². The number of aliphatic imine (C=N–C) groups is 1. The van der Waals surface area contributed by atoms with E-state index < -0.39 is 0 Å². The summed E-state index contributed by atoms with van der Waals surface area (Å²) in [6.45, 7) is 7.22. The van der Waals surface area contributed by atoms with Crippen LogP contribution in [-0.2, 0) is 13.1 Å². The normalized spacial score (nSPS) is 14.7. The number of carbonyl (C=O) groups is 1. The highest BCUT2D eigenvalue weighted by Gasteiger charge is 2.18. The Labute approximate surface area is 185 Å². The number of hydrogen-bond donors (Lipinski definition) is 2. The molecular formula is C24H35N5O2. The summed E-state index contributed by atoms with van der Waals surface area (Å²) in [7, 11) is 1.74. The van der Waals surface area contributed by atoms with Crippen molar-refractivity contribution in [3.05, 3.63) is 52.9 Å². The molecule has 1 saturated heterocycles. The van der Waals surface area contributed by atoms with E-state index in [1.54, 1.807) is 7.05 Å². The molecule has 1 fully saturated rings. The van der Waals surface area contributed by atoms with Crippen LogP contribution in [0.3, 0.4) is 0 Å². The Balaban J connectivity index is 1.47. The summed E-state index contributed by atoms with van der Waals surface area (Å²) in [6.07, 6.45) is 5.54. The summed E-state index contributed by atoms with van der Waals surface area (Å²) in [5.41, 5.74) is 2.87. The van der Waals surface area contributed by atoms with Crippen LogP contribution in [-0.4, -0.2) is 42.1 Å². The van der Waals surface area contributed by atoms with Gasteiger partial charge in [-0.15, -0.1) is 0 Å². The second-order valence-electron chi connectivity index (χ2n) is 8.06. The molecule has 0 unspecified atom stereocenters. The molecule has 1 aliphatic heterocycles.